The van der Waals surface area contributed by atoms with E-state index in [4.69, 9.17) is 41.7 Å². The summed E-state index contributed by atoms with van der Waals surface area (Å²) in [4.78, 5) is 0. The SMILES string of the molecule is CCCCCCCCOP(=S)(CCCSSSSSSCCCP(=S)(OCCCCCCCC)OCCCCCCCC)OCCCCCCCC. The molecule has 0 bridgehead atoms. The molecule has 4 nitrogen and oxygen atoms in total. The van der Waals surface area contributed by atoms with Crippen molar-refractivity contribution in [1.29, 1.82) is 0 Å². The van der Waals surface area contributed by atoms with Crippen LogP contribution < -0.4 is 0 Å². The van der Waals surface area contributed by atoms with E-state index in [1.807, 2.05) is 60.9 Å². The maximum absolute atomic E-state index is 6.33. The molecular weight excluding hydrogens is 839 g/mol. The van der Waals surface area contributed by atoms with Crippen LogP contribution in [0.1, 0.15) is 195 Å². The Morgan fingerprint density at radius 3 is 0.846 bits per heavy atom. The van der Waals surface area contributed by atoms with E-state index in [1.54, 1.807) is 0 Å². The lowest BCUT2D eigenvalue weighted by Crippen LogP contribution is -2.04. The molecule has 0 saturated heterocycles. The zero-order valence-electron chi connectivity index (χ0n) is 33.8. The van der Waals surface area contributed by atoms with Crippen molar-refractivity contribution < 1.29 is 18.1 Å². The molecule has 0 aliphatic carbocycles. The highest BCUT2D eigenvalue weighted by Crippen LogP contribution is 2.54. The van der Waals surface area contributed by atoms with E-state index in [0.29, 0.717) is 0 Å². The van der Waals surface area contributed by atoms with Crippen LogP contribution in [-0.2, 0) is 41.7 Å². The average molecular weight is 920 g/mol. The van der Waals surface area contributed by atoms with Gasteiger partial charge in [-0.05, 0) is 101 Å². The third kappa shape index (κ3) is 40.0. The zero-order valence-corrected chi connectivity index (χ0v) is 42.2. The van der Waals surface area contributed by atoms with Crippen molar-refractivity contribution in [2.75, 3.05) is 50.3 Å². The minimum Gasteiger partial charge on any atom is -0.329 e. The molecule has 0 saturated carbocycles. The highest BCUT2D eigenvalue weighted by Gasteiger charge is 2.20. The monoisotopic (exact) mass is 918 g/mol. The Kier molecular flexibility index (Phi) is 46.5. The number of hydrogen-bond acceptors (Lipinski definition) is 12. The third-order valence-corrected chi connectivity index (χ3v) is 26.1. The van der Waals surface area contributed by atoms with Gasteiger partial charge in [0.05, 0.1) is 26.4 Å². The summed E-state index contributed by atoms with van der Waals surface area (Å²) in [7, 11) is 11.3. The first-order valence-corrected chi connectivity index (χ1v) is 34.6. The summed E-state index contributed by atoms with van der Waals surface area (Å²) < 4.78 is 25.3. The molecule has 0 N–H and O–H groups in total. The second-order valence-corrected chi connectivity index (χ2v) is 31.2. The van der Waals surface area contributed by atoms with Crippen molar-refractivity contribution in [3.05, 3.63) is 0 Å². The van der Waals surface area contributed by atoms with Crippen LogP contribution in [0.3, 0.4) is 0 Å². The highest BCUT2D eigenvalue weighted by atomic mass is 33.9. The summed E-state index contributed by atoms with van der Waals surface area (Å²) in [6.45, 7) is 7.73. The van der Waals surface area contributed by atoms with E-state index in [1.165, 1.54) is 128 Å². The molecule has 314 valence electrons. The van der Waals surface area contributed by atoms with Gasteiger partial charge in [0.25, 0.3) is 0 Å². The van der Waals surface area contributed by atoms with Gasteiger partial charge in [-0.15, -0.1) is 0 Å². The molecule has 0 fully saturated rings. The first kappa shape index (κ1) is 55.2. The van der Waals surface area contributed by atoms with E-state index >= 15 is 0 Å². The van der Waals surface area contributed by atoms with Crippen molar-refractivity contribution in [2.24, 2.45) is 0 Å². The van der Waals surface area contributed by atoms with Crippen LogP contribution in [0.2, 0.25) is 0 Å². The fraction of sp³-hybridized carbons (Fsp3) is 1.00. The Hall–Kier alpha value is 3.24. The highest BCUT2D eigenvalue weighted by molar-refractivity contribution is 9.41. The molecule has 0 heterocycles. The van der Waals surface area contributed by atoms with Gasteiger partial charge >= 0.3 is 0 Å². The van der Waals surface area contributed by atoms with Gasteiger partial charge in [0, 0.05) is 23.8 Å². The largest absolute Gasteiger partial charge is 0.329 e. The molecule has 0 aliphatic rings. The van der Waals surface area contributed by atoms with Gasteiger partial charge in [-0.1, -0.05) is 178 Å². The van der Waals surface area contributed by atoms with Crippen LogP contribution in [0.4, 0.5) is 0 Å². The summed E-state index contributed by atoms with van der Waals surface area (Å²) in [6, 6.07) is 0. The van der Waals surface area contributed by atoms with Gasteiger partial charge in [-0.2, -0.15) is 0 Å². The Morgan fingerprint density at radius 2 is 0.577 bits per heavy atom. The topological polar surface area (TPSA) is 36.9 Å². The van der Waals surface area contributed by atoms with Crippen LogP contribution in [0, 0.1) is 0 Å². The van der Waals surface area contributed by atoms with Crippen molar-refractivity contribution in [3.8, 4) is 0 Å². The molecule has 0 aromatic heterocycles. The van der Waals surface area contributed by atoms with E-state index in [0.717, 1.165) is 88.8 Å². The minimum absolute atomic E-state index is 0.761. The Morgan fingerprint density at radius 1 is 0.327 bits per heavy atom. The van der Waals surface area contributed by atoms with E-state index in [9.17, 15) is 0 Å². The molecule has 0 aliphatic heterocycles. The van der Waals surface area contributed by atoms with Gasteiger partial charge in [0.15, 0.2) is 13.0 Å². The summed E-state index contributed by atoms with van der Waals surface area (Å²) in [6.07, 6.45) is 34.3. The molecule has 0 spiro atoms. The van der Waals surface area contributed by atoms with Crippen LogP contribution in [-0.4, -0.2) is 50.3 Å². The lowest BCUT2D eigenvalue weighted by molar-refractivity contribution is 0.237. The first-order chi connectivity index (χ1) is 25.4. The second kappa shape index (κ2) is 43.8. The van der Waals surface area contributed by atoms with Crippen LogP contribution >= 0.6 is 73.9 Å². The molecular formula is C38H80O4P2S8. The minimum atomic E-state index is -2.19. The molecule has 52 heavy (non-hydrogen) atoms. The van der Waals surface area contributed by atoms with Gasteiger partial charge in [0.2, 0.25) is 0 Å². The predicted octanol–water partition coefficient (Wildman–Crippen LogP) is 17.9. The first-order valence-electron chi connectivity index (χ1n) is 21.1. The Labute approximate surface area is 357 Å². The second-order valence-electron chi connectivity index (χ2n) is 13.7. The quantitative estimate of drug-likeness (QED) is 0.0332. The molecule has 14 heteroatoms. The van der Waals surface area contributed by atoms with Crippen molar-refractivity contribution in [1.82, 2.24) is 0 Å². The van der Waals surface area contributed by atoms with Crippen molar-refractivity contribution in [2.45, 2.75) is 195 Å². The van der Waals surface area contributed by atoms with Crippen LogP contribution in [0.25, 0.3) is 0 Å². The van der Waals surface area contributed by atoms with Gasteiger partial charge < -0.3 is 18.1 Å². The van der Waals surface area contributed by atoms with Crippen LogP contribution in [0.15, 0.2) is 0 Å². The van der Waals surface area contributed by atoms with E-state index < -0.39 is 13.0 Å². The molecule has 0 radical (unpaired) electrons. The Bertz CT molecular complexity index is 711. The van der Waals surface area contributed by atoms with Gasteiger partial charge in [-0.25, -0.2) is 0 Å². The van der Waals surface area contributed by atoms with Crippen molar-refractivity contribution >= 4 is 97.5 Å². The smallest absolute Gasteiger partial charge is 0.188 e. The van der Waals surface area contributed by atoms with Gasteiger partial charge in [-0.3, -0.25) is 0 Å². The summed E-state index contributed by atoms with van der Waals surface area (Å²) in [5.41, 5.74) is 0. The predicted molar refractivity (Wildman–Crippen MR) is 260 cm³/mol. The maximum atomic E-state index is 6.33. The fourth-order valence-electron chi connectivity index (χ4n) is 5.44. The molecule has 0 aromatic carbocycles. The number of hydrogen-bond donors (Lipinski definition) is 0. The summed E-state index contributed by atoms with van der Waals surface area (Å²) >= 11 is 12.1. The van der Waals surface area contributed by atoms with E-state index in [2.05, 4.69) is 27.7 Å². The third-order valence-electron chi connectivity index (χ3n) is 8.64. The molecule has 0 aromatic rings. The lowest BCUT2D eigenvalue weighted by Gasteiger charge is -2.22. The summed E-state index contributed by atoms with van der Waals surface area (Å²) in [5, 5.41) is 0. The molecule has 0 amide bonds. The lowest BCUT2D eigenvalue weighted by atomic mass is 10.1. The number of rotatable bonds is 45. The Balaban J connectivity index is 4.25. The zero-order chi connectivity index (χ0) is 38.1. The van der Waals surface area contributed by atoms with E-state index in [-0.39, 0.29) is 0 Å². The van der Waals surface area contributed by atoms with Crippen molar-refractivity contribution in [3.63, 3.8) is 0 Å². The van der Waals surface area contributed by atoms with Gasteiger partial charge in [0.1, 0.15) is 0 Å². The molecule has 0 atom stereocenters. The fourth-order valence-corrected chi connectivity index (χ4v) is 22.6. The normalized spacial score (nSPS) is 12.3. The average Bonchev–Trinajstić information content (AvgIpc) is 3.14. The standard InChI is InChI=1S/C38H80O4P2S8/c1-5-9-13-17-21-25-31-39-43(45,40-32-26-22-18-14-10-6-2)35-29-37-47-49-51-52-50-48-38-30-36-44(46,41-33-27-23-19-15-11-7-3)42-34-28-24-20-16-12-8-4/h5-38H2,1-4H3. The number of unbranched alkanes of at least 4 members (excludes halogenated alkanes) is 20. The molecule has 0 unspecified atom stereocenters. The molecule has 0 rings (SSSR count). The summed E-state index contributed by atoms with van der Waals surface area (Å²) in [5.74, 6) is 2.16. The maximum Gasteiger partial charge on any atom is 0.188 e. The van der Waals surface area contributed by atoms with Crippen LogP contribution in [0.5, 0.6) is 0 Å².